The quantitative estimate of drug-likeness (QED) is 0.755. The van der Waals surface area contributed by atoms with Crippen molar-refractivity contribution in [1.82, 2.24) is 30.2 Å². The van der Waals surface area contributed by atoms with E-state index in [0.29, 0.717) is 12.2 Å². The van der Waals surface area contributed by atoms with Gasteiger partial charge in [-0.05, 0) is 39.9 Å². The van der Waals surface area contributed by atoms with Crippen molar-refractivity contribution in [2.24, 2.45) is 5.92 Å². The number of nitrogens with zero attached hydrogens (tertiary/aromatic N) is 5. The van der Waals surface area contributed by atoms with Crippen LogP contribution in [0.5, 0.6) is 0 Å². The fourth-order valence-electron chi connectivity index (χ4n) is 3.13. The zero-order valence-electron chi connectivity index (χ0n) is 14.3. The number of aromatic amines is 1. The highest BCUT2D eigenvalue weighted by Gasteiger charge is 2.27. The molecule has 0 saturated carbocycles. The van der Waals surface area contributed by atoms with Gasteiger partial charge in [-0.15, -0.1) is 0 Å². The van der Waals surface area contributed by atoms with Crippen LogP contribution < -0.4 is 10.2 Å². The molecule has 1 amide bonds. The fraction of sp³-hybridized carbons (Fsp3) is 0.625. The lowest BCUT2D eigenvalue weighted by Gasteiger charge is -2.32. The van der Waals surface area contributed by atoms with Gasteiger partial charge in [-0.1, -0.05) is 0 Å². The molecule has 3 rings (SSSR count). The molecule has 2 N–H and O–H groups in total. The number of anilines is 1. The van der Waals surface area contributed by atoms with E-state index >= 15 is 0 Å². The number of fused-ring (bicyclic) bond motifs is 1. The van der Waals surface area contributed by atoms with E-state index in [0.717, 1.165) is 50.2 Å². The van der Waals surface area contributed by atoms with Crippen molar-refractivity contribution in [2.45, 2.75) is 19.3 Å². The first-order valence-corrected chi connectivity index (χ1v) is 8.46. The molecule has 2 aromatic rings. The van der Waals surface area contributed by atoms with E-state index < -0.39 is 0 Å². The summed E-state index contributed by atoms with van der Waals surface area (Å²) in [5.74, 6) is 0.988. The maximum Gasteiger partial charge on any atom is 0.224 e. The molecule has 0 aromatic carbocycles. The molecule has 0 radical (unpaired) electrons. The molecule has 24 heavy (non-hydrogen) atoms. The minimum Gasteiger partial charge on any atom is -0.356 e. The summed E-state index contributed by atoms with van der Waals surface area (Å²) in [5, 5.41) is 3.07. The Hall–Kier alpha value is -2.22. The fourth-order valence-corrected chi connectivity index (χ4v) is 3.13. The summed E-state index contributed by atoms with van der Waals surface area (Å²) >= 11 is 0. The van der Waals surface area contributed by atoms with Crippen molar-refractivity contribution in [1.29, 1.82) is 0 Å². The highest BCUT2D eigenvalue weighted by atomic mass is 16.1. The van der Waals surface area contributed by atoms with Gasteiger partial charge in [0.25, 0.3) is 0 Å². The Labute approximate surface area is 141 Å². The molecule has 3 heterocycles. The Kier molecular flexibility index (Phi) is 5.24. The summed E-state index contributed by atoms with van der Waals surface area (Å²) in [6, 6.07) is 0. The minimum atomic E-state index is 0.00560. The second-order valence-electron chi connectivity index (χ2n) is 6.53. The lowest BCUT2D eigenvalue weighted by molar-refractivity contribution is -0.125. The summed E-state index contributed by atoms with van der Waals surface area (Å²) in [4.78, 5) is 32.5. The molecular weight excluding hydrogens is 306 g/mol. The summed E-state index contributed by atoms with van der Waals surface area (Å²) < 4.78 is 0. The van der Waals surface area contributed by atoms with Gasteiger partial charge < -0.3 is 20.1 Å². The summed E-state index contributed by atoms with van der Waals surface area (Å²) in [7, 11) is 4.08. The number of rotatable bonds is 6. The number of imidazole rings is 1. The monoisotopic (exact) mass is 331 g/mol. The normalized spacial score (nSPS) is 18.3. The molecule has 1 aliphatic rings. The zero-order chi connectivity index (χ0) is 16.9. The van der Waals surface area contributed by atoms with E-state index in [1.54, 1.807) is 6.33 Å². The van der Waals surface area contributed by atoms with Gasteiger partial charge in [0.15, 0.2) is 11.5 Å². The van der Waals surface area contributed by atoms with E-state index in [-0.39, 0.29) is 11.8 Å². The summed E-state index contributed by atoms with van der Waals surface area (Å²) in [6.07, 6.45) is 6.03. The molecule has 0 bridgehead atoms. The largest absolute Gasteiger partial charge is 0.356 e. The molecule has 1 aliphatic heterocycles. The summed E-state index contributed by atoms with van der Waals surface area (Å²) in [5.41, 5.74) is 1.50. The molecule has 8 nitrogen and oxygen atoms in total. The Morgan fingerprint density at radius 2 is 2.29 bits per heavy atom. The molecule has 8 heteroatoms. The first kappa shape index (κ1) is 16.6. The van der Waals surface area contributed by atoms with Crippen LogP contribution >= 0.6 is 0 Å². The first-order chi connectivity index (χ1) is 11.6. The first-order valence-electron chi connectivity index (χ1n) is 8.46. The molecule has 2 aromatic heterocycles. The van der Waals surface area contributed by atoms with Crippen LogP contribution in [0.25, 0.3) is 11.2 Å². The van der Waals surface area contributed by atoms with Crippen LogP contribution in [-0.2, 0) is 4.79 Å². The van der Waals surface area contributed by atoms with Gasteiger partial charge in [0.05, 0.1) is 12.2 Å². The van der Waals surface area contributed by atoms with Crippen LogP contribution in [0.4, 0.5) is 5.82 Å². The van der Waals surface area contributed by atoms with Crippen molar-refractivity contribution in [3.05, 3.63) is 12.7 Å². The van der Waals surface area contributed by atoms with Crippen LogP contribution in [0.3, 0.4) is 0 Å². The van der Waals surface area contributed by atoms with Crippen molar-refractivity contribution in [3.8, 4) is 0 Å². The van der Waals surface area contributed by atoms with Gasteiger partial charge >= 0.3 is 0 Å². The van der Waals surface area contributed by atoms with Gasteiger partial charge in [-0.2, -0.15) is 0 Å². The highest BCUT2D eigenvalue weighted by molar-refractivity contribution is 5.84. The Morgan fingerprint density at radius 1 is 1.42 bits per heavy atom. The molecule has 1 atom stereocenters. The van der Waals surface area contributed by atoms with Gasteiger partial charge in [-0.3, -0.25) is 4.79 Å². The third kappa shape index (κ3) is 3.81. The number of hydrogen-bond acceptors (Lipinski definition) is 6. The van der Waals surface area contributed by atoms with Crippen LogP contribution in [0, 0.1) is 5.92 Å². The molecule has 0 spiro atoms. The second-order valence-corrected chi connectivity index (χ2v) is 6.53. The van der Waals surface area contributed by atoms with E-state index in [4.69, 9.17) is 0 Å². The lowest BCUT2D eigenvalue weighted by atomic mass is 9.97. The van der Waals surface area contributed by atoms with E-state index in [1.807, 2.05) is 14.1 Å². The van der Waals surface area contributed by atoms with Crippen LogP contribution in [0.15, 0.2) is 12.7 Å². The van der Waals surface area contributed by atoms with Gasteiger partial charge in [0.1, 0.15) is 11.8 Å². The molecule has 1 fully saturated rings. The van der Waals surface area contributed by atoms with Crippen molar-refractivity contribution in [2.75, 3.05) is 45.2 Å². The SMILES string of the molecule is CN(C)CCCNC(=O)C1CCCN(c2ncnc3nc[nH]c23)C1. The number of nitrogens with one attached hydrogen (secondary N) is 2. The van der Waals surface area contributed by atoms with Crippen LogP contribution in [0.2, 0.25) is 0 Å². The predicted molar refractivity (Wildman–Crippen MR) is 92.8 cm³/mol. The van der Waals surface area contributed by atoms with Gasteiger partial charge in [0, 0.05) is 19.6 Å². The average molecular weight is 331 g/mol. The molecule has 0 aliphatic carbocycles. The van der Waals surface area contributed by atoms with Crippen LogP contribution in [-0.4, -0.2) is 71.0 Å². The average Bonchev–Trinajstić information content (AvgIpc) is 3.07. The maximum absolute atomic E-state index is 12.4. The third-order valence-corrected chi connectivity index (χ3v) is 4.38. The number of piperidine rings is 1. The van der Waals surface area contributed by atoms with Gasteiger partial charge in [-0.25, -0.2) is 15.0 Å². The van der Waals surface area contributed by atoms with E-state index in [1.165, 1.54) is 6.33 Å². The standard InChI is InChI=1S/C16H25N7O/c1-22(2)7-4-6-17-16(24)12-5-3-8-23(9-12)15-13-14(19-10-18-13)20-11-21-15/h10-12H,3-9H2,1-2H3,(H,17,24)(H,18,19,20,21). The lowest BCUT2D eigenvalue weighted by Crippen LogP contribution is -2.44. The Bertz CT molecular complexity index is 684. The number of H-pyrrole nitrogens is 1. The van der Waals surface area contributed by atoms with E-state index in [9.17, 15) is 4.79 Å². The molecular formula is C16H25N7O. The highest BCUT2D eigenvalue weighted by Crippen LogP contribution is 2.25. The smallest absolute Gasteiger partial charge is 0.224 e. The number of carbonyl (C=O) groups excluding carboxylic acids is 1. The summed E-state index contributed by atoms with van der Waals surface area (Å²) in [6.45, 7) is 3.29. The Balaban J connectivity index is 1.60. The molecule has 130 valence electrons. The second kappa shape index (κ2) is 7.57. The number of amides is 1. The topological polar surface area (TPSA) is 90.0 Å². The van der Waals surface area contributed by atoms with E-state index in [2.05, 4.69) is 35.1 Å². The van der Waals surface area contributed by atoms with Crippen molar-refractivity contribution < 1.29 is 4.79 Å². The molecule has 1 saturated heterocycles. The van der Waals surface area contributed by atoms with Crippen LogP contribution in [0.1, 0.15) is 19.3 Å². The van der Waals surface area contributed by atoms with Crippen molar-refractivity contribution >= 4 is 22.9 Å². The number of hydrogen-bond donors (Lipinski definition) is 2. The molecule has 1 unspecified atom stereocenters. The number of aromatic nitrogens is 4. The zero-order valence-corrected chi connectivity index (χ0v) is 14.3. The maximum atomic E-state index is 12.4. The predicted octanol–water partition coefficient (Wildman–Crippen LogP) is 0.637. The van der Waals surface area contributed by atoms with Gasteiger partial charge in [0.2, 0.25) is 5.91 Å². The van der Waals surface area contributed by atoms with Crippen molar-refractivity contribution in [3.63, 3.8) is 0 Å². The third-order valence-electron chi connectivity index (χ3n) is 4.38. The number of carbonyl (C=O) groups is 1. The minimum absolute atomic E-state index is 0.00560. The Morgan fingerprint density at radius 3 is 3.12 bits per heavy atom.